The van der Waals surface area contributed by atoms with Gasteiger partial charge < -0.3 is 15.4 Å². The second kappa shape index (κ2) is 4.53. The van der Waals surface area contributed by atoms with Gasteiger partial charge in [-0.15, -0.1) is 0 Å². The molecule has 4 heteroatoms. The lowest BCUT2D eigenvalue weighted by Gasteiger charge is -2.35. The van der Waals surface area contributed by atoms with Crippen LogP contribution in [0.2, 0.25) is 0 Å². The van der Waals surface area contributed by atoms with Crippen molar-refractivity contribution in [3.05, 3.63) is 18.3 Å². The molecule has 1 saturated carbocycles. The zero-order valence-corrected chi connectivity index (χ0v) is 10.0. The highest BCUT2D eigenvalue weighted by Gasteiger charge is 2.35. The van der Waals surface area contributed by atoms with Gasteiger partial charge >= 0.3 is 0 Å². The lowest BCUT2D eigenvalue weighted by atomic mass is 10.1. The Morgan fingerprint density at radius 3 is 2.41 bits per heavy atom. The largest absolute Gasteiger partial charge is 0.397 e. The monoisotopic (exact) mass is 233 g/mol. The van der Waals surface area contributed by atoms with Crippen LogP contribution in [-0.2, 0) is 4.74 Å². The van der Waals surface area contributed by atoms with Gasteiger partial charge in [-0.1, -0.05) is 0 Å². The molecule has 0 spiro atoms. The van der Waals surface area contributed by atoms with Crippen LogP contribution in [0.4, 0.5) is 11.5 Å². The number of hydrogen-bond acceptors (Lipinski definition) is 4. The van der Waals surface area contributed by atoms with Crippen LogP contribution in [0, 0.1) is 0 Å². The fraction of sp³-hybridized carbons (Fsp3) is 0.615. The first-order valence-corrected chi connectivity index (χ1v) is 6.42. The molecular weight excluding hydrogens is 214 g/mol. The Labute approximate surface area is 102 Å². The zero-order valence-electron chi connectivity index (χ0n) is 10.0. The van der Waals surface area contributed by atoms with E-state index < -0.39 is 0 Å². The van der Waals surface area contributed by atoms with E-state index in [9.17, 15) is 0 Å². The molecule has 0 atom stereocenters. The van der Waals surface area contributed by atoms with Crippen LogP contribution in [0.1, 0.15) is 25.7 Å². The molecule has 2 fully saturated rings. The molecular formula is C13H19N3O. The number of nitrogens with two attached hydrogens (primary N) is 1. The Hall–Kier alpha value is -1.29. The molecule has 1 aromatic heterocycles. The minimum Gasteiger partial charge on any atom is -0.397 e. The predicted octanol–water partition coefficient (Wildman–Crippen LogP) is 1.81. The molecule has 2 N–H and O–H groups in total. The van der Waals surface area contributed by atoms with Gasteiger partial charge in [-0.3, -0.25) is 0 Å². The van der Waals surface area contributed by atoms with Crippen LogP contribution < -0.4 is 10.6 Å². The van der Waals surface area contributed by atoms with E-state index in [4.69, 9.17) is 10.5 Å². The van der Waals surface area contributed by atoms with E-state index in [1.165, 1.54) is 12.8 Å². The number of ether oxygens (including phenoxy) is 1. The van der Waals surface area contributed by atoms with Crippen molar-refractivity contribution in [2.75, 3.05) is 23.8 Å². The molecule has 0 unspecified atom stereocenters. The van der Waals surface area contributed by atoms with Gasteiger partial charge in [-0.05, 0) is 37.8 Å². The highest BCUT2D eigenvalue weighted by Crippen LogP contribution is 2.35. The van der Waals surface area contributed by atoms with Gasteiger partial charge in [0.1, 0.15) is 5.82 Å². The molecule has 92 valence electrons. The van der Waals surface area contributed by atoms with Gasteiger partial charge in [0.25, 0.3) is 0 Å². The number of anilines is 2. The summed E-state index contributed by atoms with van der Waals surface area (Å²) in [7, 11) is 0. The van der Waals surface area contributed by atoms with Crippen LogP contribution in [0.5, 0.6) is 0 Å². The van der Waals surface area contributed by atoms with Gasteiger partial charge in [0.2, 0.25) is 0 Å². The fourth-order valence-corrected chi connectivity index (χ4v) is 2.54. The molecule has 2 aliphatic rings. The molecule has 1 aliphatic heterocycles. The second-order valence-electron chi connectivity index (χ2n) is 4.93. The molecule has 0 bridgehead atoms. The number of hydrogen-bond donors (Lipinski definition) is 1. The molecule has 17 heavy (non-hydrogen) atoms. The number of aromatic nitrogens is 1. The average molecular weight is 233 g/mol. The summed E-state index contributed by atoms with van der Waals surface area (Å²) < 4.78 is 5.44. The molecule has 3 rings (SSSR count). The van der Waals surface area contributed by atoms with Crippen molar-refractivity contribution in [1.29, 1.82) is 0 Å². The van der Waals surface area contributed by atoms with E-state index in [0.29, 0.717) is 12.1 Å². The van der Waals surface area contributed by atoms with Gasteiger partial charge in [-0.2, -0.15) is 0 Å². The number of pyridine rings is 1. The molecule has 4 nitrogen and oxygen atoms in total. The minimum atomic E-state index is 0.590. The topological polar surface area (TPSA) is 51.4 Å². The van der Waals surface area contributed by atoms with Gasteiger partial charge in [0.05, 0.1) is 11.9 Å². The first-order chi connectivity index (χ1) is 8.34. The summed E-state index contributed by atoms with van der Waals surface area (Å²) >= 11 is 0. The lowest BCUT2D eigenvalue weighted by molar-refractivity contribution is 0.0839. The predicted molar refractivity (Wildman–Crippen MR) is 68.0 cm³/mol. The smallest absolute Gasteiger partial charge is 0.129 e. The molecule has 0 aromatic carbocycles. The van der Waals surface area contributed by atoms with Crippen molar-refractivity contribution in [3.63, 3.8) is 0 Å². The lowest BCUT2D eigenvalue weighted by Crippen LogP contribution is -2.41. The number of rotatable bonds is 3. The van der Waals surface area contributed by atoms with Crippen molar-refractivity contribution < 1.29 is 4.74 Å². The van der Waals surface area contributed by atoms with E-state index in [1.807, 2.05) is 12.1 Å². The number of nitrogens with zero attached hydrogens (tertiary/aromatic N) is 2. The van der Waals surface area contributed by atoms with Crippen molar-refractivity contribution >= 4 is 11.5 Å². The normalized spacial score (nSPS) is 21.4. The fourth-order valence-electron chi connectivity index (χ4n) is 2.54. The van der Waals surface area contributed by atoms with E-state index in [0.717, 1.165) is 37.6 Å². The first kappa shape index (κ1) is 10.8. The quantitative estimate of drug-likeness (QED) is 0.865. The molecule has 0 amide bonds. The summed E-state index contributed by atoms with van der Waals surface area (Å²) in [6, 6.07) is 5.27. The zero-order chi connectivity index (χ0) is 11.7. The van der Waals surface area contributed by atoms with Gasteiger partial charge in [-0.25, -0.2) is 4.98 Å². The maximum absolute atomic E-state index is 5.70. The van der Waals surface area contributed by atoms with E-state index in [-0.39, 0.29) is 0 Å². The first-order valence-electron chi connectivity index (χ1n) is 6.42. The Morgan fingerprint density at radius 2 is 1.82 bits per heavy atom. The average Bonchev–Trinajstić information content (AvgIpc) is 3.18. The van der Waals surface area contributed by atoms with Gasteiger partial charge in [0, 0.05) is 25.3 Å². The third kappa shape index (κ3) is 2.36. The summed E-state index contributed by atoms with van der Waals surface area (Å²) in [6.45, 7) is 1.76. The van der Waals surface area contributed by atoms with Gasteiger partial charge in [0.15, 0.2) is 0 Å². The van der Waals surface area contributed by atoms with Crippen molar-refractivity contribution in [1.82, 2.24) is 4.98 Å². The summed E-state index contributed by atoms with van der Waals surface area (Å²) in [6.07, 6.45) is 6.57. The third-order valence-electron chi connectivity index (χ3n) is 3.56. The molecule has 1 aliphatic carbocycles. The van der Waals surface area contributed by atoms with Crippen LogP contribution in [-0.4, -0.2) is 30.3 Å². The minimum absolute atomic E-state index is 0.590. The summed E-state index contributed by atoms with van der Waals surface area (Å²) in [5.41, 5.74) is 6.43. The molecule has 1 saturated heterocycles. The maximum atomic E-state index is 5.70. The summed E-state index contributed by atoms with van der Waals surface area (Å²) in [4.78, 5) is 6.96. The summed E-state index contributed by atoms with van der Waals surface area (Å²) in [5, 5.41) is 0. The highest BCUT2D eigenvalue weighted by atomic mass is 16.5. The van der Waals surface area contributed by atoms with Crippen LogP contribution in [0.3, 0.4) is 0 Å². The molecule has 1 aromatic rings. The number of nitrogen functional groups attached to an aromatic ring is 1. The van der Waals surface area contributed by atoms with Crippen LogP contribution in [0.15, 0.2) is 18.3 Å². The SMILES string of the molecule is Nc1ccc(N(C2CCOCC2)C2CC2)nc1. The van der Waals surface area contributed by atoms with Crippen molar-refractivity contribution in [2.24, 2.45) is 0 Å². The Morgan fingerprint density at radius 1 is 1.12 bits per heavy atom. The van der Waals surface area contributed by atoms with Crippen LogP contribution >= 0.6 is 0 Å². The van der Waals surface area contributed by atoms with Crippen molar-refractivity contribution in [2.45, 2.75) is 37.8 Å². The molecule has 0 radical (unpaired) electrons. The van der Waals surface area contributed by atoms with E-state index >= 15 is 0 Å². The third-order valence-corrected chi connectivity index (χ3v) is 3.56. The Kier molecular flexibility index (Phi) is 2.89. The van der Waals surface area contributed by atoms with Crippen molar-refractivity contribution in [3.8, 4) is 0 Å². The Balaban J connectivity index is 1.81. The molecule has 2 heterocycles. The van der Waals surface area contributed by atoms with Crippen LogP contribution in [0.25, 0.3) is 0 Å². The summed E-state index contributed by atoms with van der Waals surface area (Å²) in [5.74, 6) is 1.08. The highest BCUT2D eigenvalue weighted by molar-refractivity contribution is 5.48. The maximum Gasteiger partial charge on any atom is 0.129 e. The van der Waals surface area contributed by atoms with E-state index in [2.05, 4.69) is 9.88 Å². The standard InChI is InChI=1S/C13H19N3O/c14-10-1-4-13(15-9-10)16(11-2-3-11)12-5-7-17-8-6-12/h1,4,9,11-12H,2-3,5-8,14H2. The second-order valence-corrected chi connectivity index (χ2v) is 4.93. The van der Waals surface area contributed by atoms with E-state index in [1.54, 1.807) is 6.20 Å². The Bertz CT molecular complexity index is 369.